The van der Waals surface area contributed by atoms with Crippen LogP contribution in [-0.4, -0.2) is 18.2 Å². The highest BCUT2D eigenvalue weighted by molar-refractivity contribution is 6.33. The smallest absolute Gasteiger partial charge is 0.325 e. The number of aryl methyl sites for hydroxylation is 1. The minimum atomic E-state index is -1.13. The fraction of sp³-hybridized carbons (Fsp3) is 0.300. The maximum absolute atomic E-state index is 10.8. The molecule has 82 valence electrons. The number of aliphatic carboxylic acids is 1. The molecule has 1 atom stereocenters. The topological polar surface area (TPSA) is 72.5 Å². The average molecular weight is 230 g/mol. The van der Waals surface area contributed by atoms with Gasteiger partial charge in [0.2, 0.25) is 0 Å². The van der Waals surface area contributed by atoms with E-state index in [1.165, 1.54) is 7.11 Å². The first kappa shape index (κ1) is 11.8. The summed E-state index contributed by atoms with van der Waals surface area (Å²) in [5.74, 6) is -0.692. The summed E-state index contributed by atoms with van der Waals surface area (Å²) in [4.78, 5) is 10.8. The lowest BCUT2D eigenvalue weighted by Gasteiger charge is -2.14. The number of hydrogen-bond acceptors (Lipinski definition) is 3. The molecule has 0 aliphatic carbocycles. The first-order valence-corrected chi connectivity index (χ1v) is 4.68. The van der Waals surface area contributed by atoms with Crippen molar-refractivity contribution in [3.05, 3.63) is 28.3 Å². The maximum atomic E-state index is 10.8. The molecular formula is C10H12ClNO3. The number of halogens is 1. The van der Waals surface area contributed by atoms with Crippen LogP contribution < -0.4 is 10.5 Å². The SMILES string of the molecule is COc1ccc(C)c(C(N)C(=O)O)c1Cl. The Morgan fingerprint density at radius 3 is 2.67 bits per heavy atom. The van der Waals surface area contributed by atoms with Gasteiger partial charge in [-0.25, -0.2) is 0 Å². The van der Waals surface area contributed by atoms with Crippen LogP contribution in [0.1, 0.15) is 17.2 Å². The number of hydrogen-bond donors (Lipinski definition) is 2. The highest BCUT2D eigenvalue weighted by atomic mass is 35.5. The summed E-state index contributed by atoms with van der Waals surface area (Å²) >= 11 is 5.98. The van der Waals surface area contributed by atoms with Crippen LogP contribution in [0.25, 0.3) is 0 Å². The summed E-state index contributed by atoms with van der Waals surface area (Å²) in [5.41, 5.74) is 6.65. The van der Waals surface area contributed by atoms with Crippen LogP contribution in [0.5, 0.6) is 5.75 Å². The van der Waals surface area contributed by atoms with E-state index >= 15 is 0 Å². The molecule has 0 aliphatic rings. The second-order valence-corrected chi connectivity index (χ2v) is 3.51. The second kappa shape index (κ2) is 4.51. The van der Waals surface area contributed by atoms with Crippen molar-refractivity contribution < 1.29 is 14.6 Å². The predicted molar refractivity (Wildman–Crippen MR) is 57.3 cm³/mol. The number of rotatable bonds is 3. The highest BCUT2D eigenvalue weighted by Crippen LogP contribution is 2.33. The Kier molecular flexibility index (Phi) is 3.55. The van der Waals surface area contributed by atoms with Gasteiger partial charge in [-0.05, 0) is 18.6 Å². The Hall–Kier alpha value is -1.26. The third-order valence-electron chi connectivity index (χ3n) is 2.16. The van der Waals surface area contributed by atoms with E-state index in [1.54, 1.807) is 19.1 Å². The molecule has 5 heteroatoms. The van der Waals surface area contributed by atoms with Gasteiger partial charge in [0.05, 0.1) is 12.1 Å². The van der Waals surface area contributed by atoms with Gasteiger partial charge in [-0.15, -0.1) is 0 Å². The van der Waals surface area contributed by atoms with E-state index in [1.807, 2.05) is 0 Å². The Morgan fingerprint density at radius 1 is 1.60 bits per heavy atom. The quantitative estimate of drug-likeness (QED) is 0.828. The lowest BCUT2D eigenvalue weighted by Crippen LogP contribution is -2.22. The van der Waals surface area contributed by atoms with Gasteiger partial charge in [0, 0.05) is 5.56 Å². The molecule has 0 spiro atoms. The van der Waals surface area contributed by atoms with Gasteiger partial charge in [-0.2, -0.15) is 0 Å². The van der Waals surface area contributed by atoms with Crippen molar-refractivity contribution in [1.29, 1.82) is 0 Å². The molecule has 0 aliphatic heterocycles. The van der Waals surface area contributed by atoms with E-state index in [4.69, 9.17) is 27.2 Å². The zero-order valence-corrected chi connectivity index (χ0v) is 9.21. The fourth-order valence-electron chi connectivity index (χ4n) is 1.33. The van der Waals surface area contributed by atoms with Gasteiger partial charge in [0.25, 0.3) is 0 Å². The minimum absolute atomic E-state index is 0.257. The Bertz CT molecular complexity index is 392. The van der Waals surface area contributed by atoms with E-state index in [9.17, 15) is 4.79 Å². The maximum Gasteiger partial charge on any atom is 0.325 e. The molecule has 0 fully saturated rings. The second-order valence-electron chi connectivity index (χ2n) is 3.13. The number of carboxylic acids is 1. The third kappa shape index (κ3) is 2.22. The summed E-state index contributed by atoms with van der Waals surface area (Å²) in [6, 6.07) is 2.27. The standard InChI is InChI=1S/C10H12ClNO3/c1-5-3-4-6(15-2)8(11)7(5)9(12)10(13)14/h3-4,9H,12H2,1-2H3,(H,13,14). The van der Waals surface area contributed by atoms with Gasteiger partial charge < -0.3 is 15.6 Å². The zero-order valence-electron chi connectivity index (χ0n) is 8.45. The largest absolute Gasteiger partial charge is 0.495 e. The molecule has 4 nitrogen and oxygen atoms in total. The minimum Gasteiger partial charge on any atom is -0.495 e. The van der Waals surface area contributed by atoms with E-state index in [2.05, 4.69) is 0 Å². The Balaban J connectivity index is 3.32. The summed E-state index contributed by atoms with van der Waals surface area (Å²) in [6.07, 6.45) is 0. The molecule has 0 heterocycles. The number of carboxylic acid groups (broad SMARTS) is 1. The summed E-state index contributed by atoms with van der Waals surface area (Å²) in [5, 5.41) is 9.08. The van der Waals surface area contributed by atoms with Crippen LogP contribution in [0.4, 0.5) is 0 Å². The third-order valence-corrected chi connectivity index (χ3v) is 2.55. The van der Waals surface area contributed by atoms with Gasteiger partial charge in [-0.1, -0.05) is 17.7 Å². The highest BCUT2D eigenvalue weighted by Gasteiger charge is 2.21. The van der Waals surface area contributed by atoms with E-state index < -0.39 is 12.0 Å². The van der Waals surface area contributed by atoms with Crippen LogP contribution in [0, 0.1) is 6.92 Å². The van der Waals surface area contributed by atoms with Crippen LogP contribution in [0.3, 0.4) is 0 Å². The summed E-state index contributed by atoms with van der Waals surface area (Å²) in [6.45, 7) is 1.75. The van der Waals surface area contributed by atoms with Crippen molar-refractivity contribution in [3.8, 4) is 5.75 Å². The number of ether oxygens (including phenoxy) is 1. The van der Waals surface area contributed by atoms with Crippen molar-refractivity contribution in [2.75, 3.05) is 7.11 Å². The van der Waals surface area contributed by atoms with Crippen molar-refractivity contribution in [2.24, 2.45) is 5.73 Å². The number of benzene rings is 1. The van der Waals surface area contributed by atoms with Crippen LogP contribution >= 0.6 is 11.6 Å². The molecule has 15 heavy (non-hydrogen) atoms. The van der Waals surface area contributed by atoms with Gasteiger partial charge >= 0.3 is 5.97 Å². The van der Waals surface area contributed by atoms with Gasteiger partial charge in [0.15, 0.2) is 0 Å². The first-order valence-electron chi connectivity index (χ1n) is 4.30. The fourth-order valence-corrected chi connectivity index (χ4v) is 1.74. The number of nitrogens with two attached hydrogens (primary N) is 1. The molecule has 0 aromatic heterocycles. The van der Waals surface area contributed by atoms with Gasteiger partial charge in [-0.3, -0.25) is 4.79 Å². The number of methoxy groups -OCH3 is 1. The number of carbonyl (C=O) groups is 1. The van der Waals surface area contributed by atoms with E-state index in [0.29, 0.717) is 11.3 Å². The van der Waals surface area contributed by atoms with Crippen LogP contribution in [0.2, 0.25) is 5.02 Å². The average Bonchev–Trinajstić information content (AvgIpc) is 2.17. The lowest BCUT2D eigenvalue weighted by molar-refractivity contribution is -0.138. The molecule has 0 saturated carbocycles. The molecule has 0 bridgehead atoms. The van der Waals surface area contributed by atoms with Crippen molar-refractivity contribution in [3.63, 3.8) is 0 Å². The Labute approximate surface area is 92.6 Å². The van der Waals surface area contributed by atoms with Crippen molar-refractivity contribution in [1.82, 2.24) is 0 Å². The predicted octanol–water partition coefficient (Wildman–Crippen LogP) is 1.74. The molecule has 0 radical (unpaired) electrons. The molecule has 0 amide bonds. The molecule has 1 aromatic carbocycles. The normalized spacial score (nSPS) is 12.3. The molecule has 1 rings (SSSR count). The van der Waals surface area contributed by atoms with E-state index in [-0.39, 0.29) is 5.02 Å². The molecule has 0 saturated heterocycles. The lowest BCUT2D eigenvalue weighted by atomic mass is 10.0. The summed E-state index contributed by atoms with van der Waals surface area (Å²) in [7, 11) is 1.46. The Morgan fingerprint density at radius 2 is 2.20 bits per heavy atom. The molecule has 1 aromatic rings. The molecule has 3 N–H and O–H groups in total. The first-order chi connectivity index (χ1) is 6.99. The van der Waals surface area contributed by atoms with E-state index in [0.717, 1.165) is 5.56 Å². The van der Waals surface area contributed by atoms with Crippen LogP contribution in [0.15, 0.2) is 12.1 Å². The van der Waals surface area contributed by atoms with Crippen molar-refractivity contribution in [2.45, 2.75) is 13.0 Å². The summed E-state index contributed by atoms with van der Waals surface area (Å²) < 4.78 is 4.99. The molecule has 1 unspecified atom stereocenters. The van der Waals surface area contributed by atoms with Crippen molar-refractivity contribution >= 4 is 17.6 Å². The monoisotopic (exact) mass is 229 g/mol. The van der Waals surface area contributed by atoms with Crippen LogP contribution in [-0.2, 0) is 4.79 Å². The zero-order chi connectivity index (χ0) is 11.6. The molecular weight excluding hydrogens is 218 g/mol. The van der Waals surface area contributed by atoms with Gasteiger partial charge in [0.1, 0.15) is 11.8 Å².